The van der Waals surface area contributed by atoms with Gasteiger partial charge in [-0.3, -0.25) is 4.79 Å². The van der Waals surface area contributed by atoms with E-state index in [-0.39, 0.29) is 18.5 Å². The van der Waals surface area contributed by atoms with Crippen LogP contribution in [0.3, 0.4) is 0 Å². The molecule has 1 amide bonds. The second-order valence-corrected chi connectivity index (χ2v) is 4.14. The first kappa shape index (κ1) is 14.8. The summed E-state index contributed by atoms with van der Waals surface area (Å²) in [5.41, 5.74) is 3.68. The number of nitrogens with two attached hydrogens (primary N) is 1. The predicted molar refractivity (Wildman–Crippen MR) is 66.2 cm³/mol. The number of nitrogens with zero attached hydrogens (tertiary/aromatic N) is 2. The predicted octanol–water partition coefficient (Wildman–Crippen LogP) is 1.64. The Morgan fingerprint density at radius 2 is 2.14 bits per heavy atom. The zero-order chi connectivity index (χ0) is 15.5. The van der Waals surface area contributed by atoms with Gasteiger partial charge in [0.05, 0.1) is 5.56 Å². The lowest BCUT2D eigenvalue weighted by Crippen LogP contribution is -2.26. The maximum absolute atomic E-state index is 12.7. The fraction of sp³-hybridized carbons (Fsp3) is 0.250. The normalized spacial score (nSPS) is 11.4. The van der Waals surface area contributed by atoms with Gasteiger partial charge < -0.3 is 15.6 Å². The van der Waals surface area contributed by atoms with Gasteiger partial charge in [-0.1, -0.05) is 5.16 Å². The molecule has 0 radical (unpaired) electrons. The van der Waals surface area contributed by atoms with Gasteiger partial charge in [-0.25, -0.2) is 0 Å². The van der Waals surface area contributed by atoms with E-state index in [2.05, 4.69) is 15.5 Å². The first-order chi connectivity index (χ1) is 9.88. The molecule has 0 aliphatic heterocycles. The van der Waals surface area contributed by atoms with Crippen LogP contribution in [0.2, 0.25) is 0 Å². The van der Waals surface area contributed by atoms with Crippen LogP contribution in [0.15, 0.2) is 29.0 Å². The smallest absolute Gasteiger partial charge is 0.398 e. The highest BCUT2D eigenvalue weighted by Crippen LogP contribution is 2.33. The van der Waals surface area contributed by atoms with Crippen molar-refractivity contribution in [1.82, 2.24) is 15.5 Å². The topological polar surface area (TPSA) is 94.0 Å². The summed E-state index contributed by atoms with van der Waals surface area (Å²) in [4.78, 5) is 15.5. The Hall–Kier alpha value is -2.58. The van der Waals surface area contributed by atoms with Gasteiger partial charge in [-0.05, 0) is 18.2 Å². The van der Waals surface area contributed by atoms with E-state index < -0.39 is 23.3 Å². The Balaban J connectivity index is 2.02. The molecule has 0 aliphatic rings. The molecule has 0 saturated carbocycles. The number of benzene rings is 1. The van der Waals surface area contributed by atoms with Crippen LogP contribution in [0.5, 0.6) is 0 Å². The number of nitrogens with one attached hydrogen (secondary N) is 1. The van der Waals surface area contributed by atoms with E-state index in [0.717, 1.165) is 12.1 Å². The molecule has 9 heteroatoms. The molecule has 0 unspecified atom stereocenters. The van der Waals surface area contributed by atoms with Gasteiger partial charge in [-0.15, -0.1) is 0 Å². The Bertz CT molecular complexity index is 626. The molecule has 2 rings (SSSR count). The first-order valence-electron chi connectivity index (χ1n) is 5.88. The number of anilines is 1. The van der Waals surface area contributed by atoms with Crippen molar-refractivity contribution in [3.8, 4) is 0 Å². The van der Waals surface area contributed by atoms with Crippen LogP contribution in [0, 0.1) is 0 Å². The van der Waals surface area contributed by atoms with Gasteiger partial charge >= 0.3 is 6.18 Å². The van der Waals surface area contributed by atoms with E-state index >= 15 is 0 Å². The molecular weight excluding hydrogens is 289 g/mol. The number of nitrogen functional groups attached to an aromatic ring is 1. The molecule has 3 N–H and O–H groups in total. The summed E-state index contributed by atoms with van der Waals surface area (Å²) in [5.74, 6) is -0.316. The fourth-order valence-electron chi connectivity index (χ4n) is 1.63. The Labute approximate surface area is 117 Å². The van der Waals surface area contributed by atoms with Crippen molar-refractivity contribution >= 4 is 11.6 Å². The highest BCUT2D eigenvalue weighted by atomic mass is 19.4. The molecule has 0 atom stereocenters. The minimum atomic E-state index is -4.61. The number of hydrogen-bond donors (Lipinski definition) is 2. The first-order valence-corrected chi connectivity index (χ1v) is 5.88. The van der Waals surface area contributed by atoms with Crippen molar-refractivity contribution in [1.29, 1.82) is 0 Å². The van der Waals surface area contributed by atoms with E-state index in [1.807, 2.05) is 0 Å². The third kappa shape index (κ3) is 3.71. The van der Waals surface area contributed by atoms with Crippen LogP contribution >= 0.6 is 0 Å². The summed E-state index contributed by atoms with van der Waals surface area (Å²) >= 11 is 0. The maximum atomic E-state index is 12.7. The molecule has 112 valence electrons. The molecule has 0 aliphatic carbocycles. The van der Waals surface area contributed by atoms with Gasteiger partial charge in [0.1, 0.15) is 0 Å². The largest absolute Gasteiger partial charge is 0.418 e. The van der Waals surface area contributed by atoms with Gasteiger partial charge in [0, 0.05) is 24.2 Å². The van der Waals surface area contributed by atoms with Crippen molar-refractivity contribution in [3.05, 3.63) is 41.5 Å². The van der Waals surface area contributed by atoms with Crippen molar-refractivity contribution in [3.63, 3.8) is 0 Å². The second-order valence-electron chi connectivity index (χ2n) is 4.14. The third-order valence-corrected chi connectivity index (χ3v) is 2.65. The Kier molecular flexibility index (Phi) is 4.10. The van der Waals surface area contributed by atoms with Crippen LogP contribution in [0.4, 0.5) is 18.9 Å². The summed E-state index contributed by atoms with van der Waals surface area (Å²) < 4.78 is 42.8. The quantitative estimate of drug-likeness (QED) is 0.837. The van der Waals surface area contributed by atoms with Gasteiger partial charge in [0.25, 0.3) is 5.91 Å². The van der Waals surface area contributed by atoms with Crippen molar-refractivity contribution in [2.45, 2.75) is 12.6 Å². The number of hydrogen-bond acceptors (Lipinski definition) is 5. The van der Waals surface area contributed by atoms with E-state index in [0.29, 0.717) is 5.89 Å². The minimum absolute atomic E-state index is 0.123. The van der Waals surface area contributed by atoms with Gasteiger partial charge in [0.15, 0.2) is 6.33 Å². The Morgan fingerprint density at radius 1 is 1.38 bits per heavy atom. The van der Waals surface area contributed by atoms with Crippen LogP contribution in [-0.2, 0) is 12.6 Å². The lowest BCUT2D eigenvalue weighted by atomic mass is 10.1. The molecule has 1 heterocycles. The lowest BCUT2D eigenvalue weighted by Gasteiger charge is -2.11. The molecule has 21 heavy (non-hydrogen) atoms. The van der Waals surface area contributed by atoms with Crippen LogP contribution in [0.25, 0.3) is 0 Å². The highest BCUT2D eigenvalue weighted by molar-refractivity contribution is 5.94. The van der Waals surface area contributed by atoms with Crippen molar-refractivity contribution < 1.29 is 22.5 Å². The average Bonchev–Trinajstić information content (AvgIpc) is 2.91. The van der Waals surface area contributed by atoms with E-state index in [1.165, 1.54) is 12.4 Å². The van der Waals surface area contributed by atoms with E-state index in [4.69, 9.17) is 10.3 Å². The minimum Gasteiger partial charge on any atom is -0.398 e. The number of aromatic nitrogens is 2. The highest BCUT2D eigenvalue weighted by Gasteiger charge is 2.33. The SMILES string of the molecule is Nc1ccc(C(=O)NCCc2ncno2)cc1C(F)(F)F. The molecular formula is C12H11F3N4O2. The maximum Gasteiger partial charge on any atom is 0.418 e. The Morgan fingerprint density at radius 3 is 2.76 bits per heavy atom. The zero-order valence-corrected chi connectivity index (χ0v) is 10.6. The molecule has 1 aromatic carbocycles. The summed E-state index contributed by atoms with van der Waals surface area (Å²) in [6.45, 7) is 0.159. The summed E-state index contributed by atoms with van der Waals surface area (Å²) in [6, 6.07) is 3.00. The molecule has 2 aromatic rings. The number of carbonyl (C=O) groups is 1. The van der Waals surface area contributed by atoms with Crippen LogP contribution < -0.4 is 11.1 Å². The zero-order valence-electron chi connectivity index (χ0n) is 10.6. The lowest BCUT2D eigenvalue weighted by molar-refractivity contribution is -0.136. The number of amides is 1. The number of halogens is 3. The van der Waals surface area contributed by atoms with Crippen molar-refractivity contribution in [2.75, 3.05) is 12.3 Å². The molecule has 0 saturated heterocycles. The summed E-state index contributed by atoms with van der Waals surface area (Å²) in [6.07, 6.45) is -3.11. The number of alkyl halides is 3. The molecule has 0 bridgehead atoms. The summed E-state index contributed by atoms with van der Waals surface area (Å²) in [7, 11) is 0. The number of carbonyl (C=O) groups excluding carboxylic acids is 1. The fourth-order valence-corrected chi connectivity index (χ4v) is 1.63. The van der Waals surface area contributed by atoms with Crippen LogP contribution in [0.1, 0.15) is 21.8 Å². The molecule has 6 nitrogen and oxygen atoms in total. The summed E-state index contributed by atoms with van der Waals surface area (Å²) in [5, 5.41) is 5.85. The second kappa shape index (κ2) is 5.81. The van der Waals surface area contributed by atoms with E-state index in [1.54, 1.807) is 0 Å². The van der Waals surface area contributed by atoms with Crippen molar-refractivity contribution in [2.24, 2.45) is 0 Å². The number of rotatable bonds is 4. The van der Waals surface area contributed by atoms with Crippen LogP contribution in [-0.4, -0.2) is 22.6 Å². The molecule has 0 spiro atoms. The molecule has 1 aromatic heterocycles. The van der Waals surface area contributed by atoms with Gasteiger partial charge in [-0.2, -0.15) is 18.2 Å². The van der Waals surface area contributed by atoms with Gasteiger partial charge in [0.2, 0.25) is 5.89 Å². The van der Waals surface area contributed by atoms with E-state index in [9.17, 15) is 18.0 Å². The molecule has 0 fully saturated rings. The average molecular weight is 300 g/mol. The monoisotopic (exact) mass is 300 g/mol. The third-order valence-electron chi connectivity index (χ3n) is 2.65. The standard InChI is InChI=1S/C12H11F3N4O2/c13-12(14,15)8-5-7(1-2-9(8)16)11(20)17-4-3-10-18-6-19-21-10/h1-2,5-6H,3-4,16H2,(H,17,20).